The highest BCUT2D eigenvalue weighted by atomic mass is 32.2. The second-order valence-corrected chi connectivity index (χ2v) is 16.1. The number of nitrogens with one attached hydrogen (secondary N) is 3. The Kier molecular flexibility index (Phi) is 17.1. The van der Waals surface area contributed by atoms with Gasteiger partial charge in [-0.25, -0.2) is 19.8 Å². The van der Waals surface area contributed by atoms with Crippen molar-refractivity contribution in [3.63, 3.8) is 0 Å². The van der Waals surface area contributed by atoms with Crippen molar-refractivity contribution in [1.82, 2.24) is 35.4 Å². The van der Waals surface area contributed by atoms with Crippen LogP contribution in [0.25, 0.3) is 11.0 Å². The Morgan fingerprint density at radius 3 is 2.69 bits per heavy atom. The molecule has 5 rings (SSSR count). The second kappa shape index (κ2) is 22.2. The molecule has 2 unspecified atom stereocenters. The van der Waals surface area contributed by atoms with Crippen molar-refractivity contribution >= 4 is 58.9 Å². The number of thioether (sulfide) groups is 1. The van der Waals surface area contributed by atoms with Gasteiger partial charge in [0.15, 0.2) is 12.0 Å². The molecule has 16 nitrogen and oxygen atoms in total. The Labute approximate surface area is 327 Å². The largest absolute Gasteiger partial charge is 0.481 e. The van der Waals surface area contributed by atoms with Crippen LogP contribution >= 0.6 is 11.8 Å². The molecule has 304 valence electrons. The number of ether oxygens (including phenoxy) is 1. The summed E-state index contributed by atoms with van der Waals surface area (Å²) in [6.45, 7) is 2.41. The first-order chi connectivity index (χ1) is 26.7. The molecule has 0 aliphatic carbocycles. The number of aromatic nitrogens is 3. The van der Waals surface area contributed by atoms with E-state index >= 15 is 0 Å². The average Bonchev–Trinajstić information content (AvgIpc) is 3.92. The van der Waals surface area contributed by atoms with Gasteiger partial charge in [-0.1, -0.05) is 12.8 Å². The number of fused-ring (bicyclic) bond motifs is 2. The first kappa shape index (κ1) is 42.5. The lowest BCUT2D eigenvalue weighted by Gasteiger charge is -2.22. The number of aliphatic hydroxyl groups is 2. The molecule has 7 atom stereocenters. The number of amides is 3. The normalized spacial score (nSPS) is 25.0. The highest BCUT2D eigenvalue weighted by Gasteiger charge is 2.45. The van der Waals surface area contributed by atoms with Crippen molar-refractivity contribution in [2.75, 3.05) is 39.0 Å². The Morgan fingerprint density at radius 1 is 1.04 bits per heavy atom. The van der Waals surface area contributed by atoms with E-state index in [0.717, 1.165) is 88.3 Å². The molecule has 0 saturated carbocycles. The fourth-order valence-electron chi connectivity index (χ4n) is 7.35. The minimum atomic E-state index is -1.16. The number of hydrogen-bond acceptors (Lipinski definition) is 12. The van der Waals surface area contributed by atoms with Gasteiger partial charge >= 0.3 is 12.0 Å². The average molecular weight is 786 g/mol. The van der Waals surface area contributed by atoms with E-state index in [-0.39, 0.29) is 30.4 Å². The maximum absolute atomic E-state index is 12.2. The van der Waals surface area contributed by atoms with Crippen LogP contribution in [0.15, 0.2) is 28.6 Å². The van der Waals surface area contributed by atoms with E-state index in [4.69, 9.17) is 9.84 Å². The Morgan fingerprint density at radius 2 is 1.85 bits per heavy atom. The van der Waals surface area contributed by atoms with Crippen molar-refractivity contribution in [3.8, 4) is 0 Å². The van der Waals surface area contributed by atoms with E-state index in [0.29, 0.717) is 49.2 Å². The van der Waals surface area contributed by atoms with Gasteiger partial charge in [-0.05, 0) is 90.1 Å². The van der Waals surface area contributed by atoms with Gasteiger partial charge in [-0.15, -0.1) is 0 Å². The van der Waals surface area contributed by atoms with E-state index in [2.05, 4.69) is 35.9 Å². The van der Waals surface area contributed by atoms with E-state index in [1.807, 2.05) is 42.2 Å². The zero-order chi connectivity index (χ0) is 39.0. The molecule has 3 amide bonds. The number of likely N-dealkylation sites (N-methyl/N-ethyl adjacent to an activating group) is 1. The fraction of sp³-hybridized carbons (Fsp3) is 0.711. The number of unbranched alkanes of at least 4 members (excludes halogenated alkanes) is 7. The molecule has 5 heterocycles. The van der Waals surface area contributed by atoms with Crippen LogP contribution in [0.4, 0.5) is 10.6 Å². The third-order valence-electron chi connectivity index (χ3n) is 10.4. The number of aliphatic hydroxyl groups excluding tert-OH is 2. The Balaban J connectivity index is 0.875. The van der Waals surface area contributed by atoms with Gasteiger partial charge in [0.05, 0.1) is 17.5 Å². The zero-order valence-electron chi connectivity index (χ0n) is 31.9. The molecule has 0 radical (unpaired) electrons. The van der Waals surface area contributed by atoms with Crippen LogP contribution in [0.3, 0.4) is 0 Å². The van der Waals surface area contributed by atoms with Gasteiger partial charge in [-0.2, -0.15) is 11.8 Å². The quantitative estimate of drug-likeness (QED) is 0.0486. The second-order valence-electron chi connectivity index (χ2n) is 14.8. The summed E-state index contributed by atoms with van der Waals surface area (Å²) in [4.78, 5) is 54.3. The molecule has 6 N–H and O–H groups in total. The zero-order valence-corrected chi connectivity index (χ0v) is 32.7. The van der Waals surface area contributed by atoms with Crippen LogP contribution in [-0.4, -0.2) is 140 Å². The lowest BCUT2D eigenvalue weighted by molar-refractivity contribution is -0.137. The smallest absolute Gasteiger partial charge is 0.315 e. The molecule has 3 aliphatic heterocycles. The van der Waals surface area contributed by atoms with Gasteiger partial charge in [0.2, 0.25) is 5.91 Å². The Bertz CT molecular complexity index is 1590. The van der Waals surface area contributed by atoms with Crippen molar-refractivity contribution < 1.29 is 34.4 Å². The van der Waals surface area contributed by atoms with Crippen LogP contribution in [0.5, 0.6) is 0 Å². The van der Waals surface area contributed by atoms with Crippen molar-refractivity contribution in [2.45, 2.75) is 132 Å². The topological polar surface area (TPSA) is 216 Å². The van der Waals surface area contributed by atoms with Gasteiger partial charge in [-0.3, -0.25) is 14.6 Å². The molecule has 2 aromatic rings. The predicted octanol–water partition coefficient (Wildman–Crippen LogP) is 3.58. The molecule has 17 heteroatoms. The molecule has 2 aromatic heterocycles. The molecule has 0 aromatic carbocycles. The van der Waals surface area contributed by atoms with Crippen LogP contribution in [0, 0.1) is 0 Å². The number of carbonyl (C=O) groups excluding carboxylic acids is 2. The third-order valence-corrected chi connectivity index (χ3v) is 11.9. The number of aliphatic carboxylic acids is 1. The number of urea groups is 1. The molecular weight excluding hydrogens is 727 g/mol. The van der Waals surface area contributed by atoms with Crippen molar-refractivity contribution in [3.05, 3.63) is 18.6 Å². The number of carboxylic acids is 1. The molecule has 0 spiro atoms. The van der Waals surface area contributed by atoms with Gasteiger partial charge in [0, 0.05) is 55.9 Å². The summed E-state index contributed by atoms with van der Waals surface area (Å²) in [6.07, 6.45) is 15.3. The first-order valence-electron chi connectivity index (χ1n) is 19.9. The van der Waals surface area contributed by atoms with Gasteiger partial charge in [0.25, 0.3) is 0 Å². The van der Waals surface area contributed by atoms with E-state index < -0.39 is 30.5 Å². The lowest BCUT2D eigenvalue weighted by atomic mass is 10.0. The van der Waals surface area contributed by atoms with E-state index in [1.165, 1.54) is 6.33 Å². The summed E-state index contributed by atoms with van der Waals surface area (Å²) < 4.78 is 7.78. The van der Waals surface area contributed by atoms with Crippen LogP contribution in [0.2, 0.25) is 0 Å². The van der Waals surface area contributed by atoms with Gasteiger partial charge in [0.1, 0.15) is 30.3 Å². The van der Waals surface area contributed by atoms with Crippen LogP contribution < -0.4 is 16.0 Å². The Hall–Kier alpha value is -3.64. The monoisotopic (exact) mass is 785 g/mol. The number of carboxylic acid groups (broad SMARTS) is 1. The predicted molar refractivity (Wildman–Crippen MR) is 213 cm³/mol. The SMILES string of the molecule is CN(CCCC(=O)O)C[C@H]1OC(n2ccc3c(/N=C\CCCCCC=NCCCCCNC(=O)CCCCC4SC[C@@H]5NC(=O)N[C@H]45)ncnc32)[C@H](O)[C@@H]1O. The highest BCUT2D eigenvalue weighted by Crippen LogP contribution is 2.35. The number of hydrogen-bond donors (Lipinski definition) is 6. The van der Waals surface area contributed by atoms with Crippen LogP contribution in [0.1, 0.15) is 96.1 Å². The standard InChI is InChI=1S/C38H59N9O7S/c1-46(21-12-15-31(49)50)23-28-33(51)34(52)37(54-28)47-22-16-26-35(42-25-43-36(26)47)41-20-10-4-2-3-8-17-39-18-9-5-11-19-40-30(48)14-7-6-13-29-32-27(24-55-29)44-38(53)45-32/h16-17,20,22,25,27-29,32-34,37,51-52H,2-15,18-19,21,23-24H2,1H3,(H,40,48)(H,49,50)(H2,44,45,53)/b39-17?,41-20-/t27-,28+,29?,32-,33+,34+,37?/m0/s1. The van der Waals surface area contributed by atoms with Gasteiger partial charge < -0.3 is 45.5 Å². The molecule has 55 heavy (non-hydrogen) atoms. The highest BCUT2D eigenvalue weighted by molar-refractivity contribution is 8.00. The molecule has 0 bridgehead atoms. The maximum Gasteiger partial charge on any atom is 0.315 e. The molecule has 3 fully saturated rings. The summed E-state index contributed by atoms with van der Waals surface area (Å²) in [6, 6.07) is 2.27. The lowest BCUT2D eigenvalue weighted by Crippen LogP contribution is -2.38. The fourth-order valence-corrected chi connectivity index (χ4v) is 8.89. The number of rotatable bonds is 25. The van der Waals surface area contributed by atoms with Crippen molar-refractivity contribution in [2.24, 2.45) is 9.98 Å². The number of aliphatic imine (C=N–C) groups is 2. The summed E-state index contributed by atoms with van der Waals surface area (Å²) in [5.41, 5.74) is 0.551. The van der Waals surface area contributed by atoms with Crippen LogP contribution in [-0.2, 0) is 14.3 Å². The minimum Gasteiger partial charge on any atom is -0.481 e. The maximum atomic E-state index is 12.2. The molecule has 3 saturated heterocycles. The molecule has 3 aliphatic rings. The van der Waals surface area contributed by atoms with E-state index in [9.17, 15) is 24.6 Å². The number of carbonyl (C=O) groups is 3. The minimum absolute atomic E-state index is 0.0526. The molecular formula is C38H59N9O7S. The first-order valence-corrected chi connectivity index (χ1v) is 21.0. The summed E-state index contributed by atoms with van der Waals surface area (Å²) in [5.74, 6) is 0.778. The third kappa shape index (κ3) is 13.0. The summed E-state index contributed by atoms with van der Waals surface area (Å²) >= 11 is 1.92. The summed E-state index contributed by atoms with van der Waals surface area (Å²) in [5, 5.41) is 40.6. The van der Waals surface area contributed by atoms with E-state index in [1.54, 1.807) is 10.8 Å². The van der Waals surface area contributed by atoms with Crippen molar-refractivity contribution in [1.29, 1.82) is 0 Å². The number of nitrogens with zero attached hydrogens (tertiary/aromatic N) is 6. The summed E-state index contributed by atoms with van der Waals surface area (Å²) in [7, 11) is 1.83.